The van der Waals surface area contributed by atoms with Crippen LogP contribution >= 0.6 is 0 Å². The number of fused-ring (bicyclic) bond motifs is 3. The number of piperazine rings is 1. The first-order valence-corrected chi connectivity index (χ1v) is 10.9. The van der Waals surface area contributed by atoms with Crippen LogP contribution in [0.5, 0.6) is 0 Å². The summed E-state index contributed by atoms with van der Waals surface area (Å²) in [7, 11) is 0. The molecule has 0 saturated carbocycles. The molecule has 6 rings (SSSR count). The summed E-state index contributed by atoms with van der Waals surface area (Å²) in [6.45, 7) is 4.16. The third-order valence-electron chi connectivity index (χ3n) is 6.40. The molecule has 7 heteroatoms. The number of nitrogens with zero attached hydrogens (tertiary/aromatic N) is 5. The summed E-state index contributed by atoms with van der Waals surface area (Å²) in [4.78, 5) is 16.6. The number of anilines is 2. The molecule has 2 fully saturated rings. The lowest BCUT2D eigenvalue weighted by molar-refractivity contribution is 0.570. The van der Waals surface area contributed by atoms with Gasteiger partial charge in [0, 0.05) is 61.4 Å². The van der Waals surface area contributed by atoms with Crippen molar-refractivity contribution in [1.82, 2.24) is 24.7 Å². The lowest BCUT2D eigenvalue weighted by atomic mass is 10.1. The molecule has 2 aliphatic rings. The van der Waals surface area contributed by atoms with E-state index in [4.69, 9.17) is 4.98 Å². The zero-order valence-corrected chi connectivity index (χ0v) is 17.4. The third-order valence-corrected chi connectivity index (χ3v) is 6.40. The van der Waals surface area contributed by atoms with Crippen LogP contribution in [0.4, 0.5) is 11.8 Å². The molecule has 156 valence electrons. The molecule has 2 N–H and O–H groups in total. The molecule has 2 unspecified atom stereocenters. The van der Waals surface area contributed by atoms with E-state index < -0.39 is 0 Å². The van der Waals surface area contributed by atoms with Crippen molar-refractivity contribution in [3.05, 3.63) is 72.7 Å². The zero-order valence-electron chi connectivity index (χ0n) is 17.4. The van der Waals surface area contributed by atoms with Crippen LogP contribution < -0.4 is 15.5 Å². The lowest BCUT2D eigenvalue weighted by Gasteiger charge is -2.29. The minimum atomic E-state index is 0.162. The first-order chi connectivity index (χ1) is 15.2. The molecule has 31 heavy (non-hydrogen) atoms. The molecule has 1 aromatic carbocycles. The maximum absolute atomic E-state index is 5.09. The van der Waals surface area contributed by atoms with Gasteiger partial charge in [0.15, 0.2) is 0 Å². The Morgan fingerprint density at radius 3 is 2.81 bits per heavy atom. The molecule has 7 nitrogen and oxygen atoms in total. The highest BCUT2D eigenvalue weighted by atomic mass is 15.4. The van der Waals surface area contributed by atoms with E-state index >= 15 is 0 Å². The van der Waals surface area contributed by atoms with Crippen molar-refractivity contribution >= 4 is 17.4 Å². The van der Waals surface area contributed by atoms with Gasteiger partial charge in [0.1, 0.15) is 11.5 Å². The number of hydrogen-bond acceptors (Lipinski definition) is 6. The van der Waals surface area contributed by atoms with Gasteiger partial charge in [0.25, 0.3) is 0 Å². The predicted molar refractivity (Wildman–Crippen MR) is 122 cm³/mol. The second kappa shape index (κ2) is 7.35. The molecule has 2 saturated heterocycles. The fourth-order valence-corrected chi connectivity index (χ4v) is 4.78. The van der Waals surface area contributed by atoms with E-state index in [1.54, 1.807) is 0 Å². The normalized spacial score (nSPS) is 21.0. The van der Waals surface area contributed by atoms with Gasteiger partial charge in [0.05, 0.1) is 5.69 Å². The van der Waals surface area contributed by atoms with Crippen LogP contribution in [-0.2, 0) is 0 Å². The topological polar surface area (TPSA) is 70.4 Å². The number of nitrogens with one attached hydrogen (secondary N) is 2. The third kappa shape index (κ3) is 3.31. The molecular formula is C24H25N7. The highest BCUT2D eigenvalue weighted by Crippen LogP contribution is 2.31. The van der Waals surface area contributed by atoms with Gasteiger partial charge in [0.2, 0.25) is 5.95 Å². The summed E-state index contributed by atoms with van der Waals surface area (Å²) >= 11 is 0. The maximum atomic E-state index is 5.09. The van der Waals surface area contributed by atoms with Crippen LogP contribution in [0.3, 0.4) is 0 Å². The van der Waals surface area contributed by atoms with E-state index in [1.165, 1.54) is 12.0 Å². The van der Waals surface area contributed by atoms with Gasteiger partial charge in [-0.15, -0.1) is 0 Å². The van der Waals surface area contributed by atoms with Crippen LogP contribution in [0.15, 0.2) is 67.1 Å². The molecule has 2 aliphatic heterocycles. The second-order valence-corrected chi connectivity index (χ2v) is 8.45. The van der Waals surface area contributed by atoms with E-state index in [2.05, 4.69) is 73.2 Å². The molecular weight excluding hydrogens is 386 g/mol. The van der Waals surface area contributed by atoms with Gasteiger partial charge in [-0.05, 0) is 31.0 Å². The standard InChI is InChI=1S/C24H25N7/c1-16(17-5-3-2-4-6-17)28-22-11-18(7-8-25-22)21-13-23-26-9-10-30(23)24(29-21)31-15-19-12-20(31)14-27-19/h2-11,13,16,19-20,27H,12,14-15H2,1H3,(H,25,28)/t16-,19?,20?/m0/s1. The maximum Gasteiger partial charge on any atom is 0.212 e. The Hall–Kier alpha value is -3.45. The van der Waals surface area contributed by atoms with Crippen LogP contribution in [0.25, 0.3) is 16.9 Å². The molecule has 5 heterocycles. The van der Waals surface area contributed by atoms with Crippen molar-refractivity contribution in [1.29, 1.82) is 0 Å². The van der Waals surface area contributed by atoms with Crippen molar-refractivity contribution < 1.29 is 0 Å². The summed E-state index contributed by atoms with van der Waals surface area (Å²) in [6.07, 6.45) is 6.87. The van der Waals surface area contributed by atoms with Gasteiger partial charge in [-0.25, -0.2) is 15.0 Å². The first kappa shape index (κ1) is 18.3. The van der Waals surface area contributed by atoms with Crippen molar-refractivity contribution in [3.8, 4) is 11.3 Å². The van der Waals surface area contributed by atoms with Crippen LogP contribution in [0, 0.1) is 0 Å². The Morgan fingerprint density at radius 1 is 1.10 bits per heavy atom. The van der Waals surface area contributed by atoms with Crippen molar-refractivity contribution in [3.63, 3.8) is 0 Å². The number of aromatic nitrogens is 4. The molecule has 0 radical (unpaired) electrons. The fourth-order valence-electron chi connectivity index (χ4n) is 4.78. The summed E-state index contributed by atoms with van der Waals surface area (Å²) in [5.74, 6) is 1.81. The molecule has 0 spiro atoms. The van der Waals surface area contributed by atoms with Gasteiger partial charge < -0.3 is 15.5 Å². The van der Waals surface area contributed by atoms with Crippen LogP contribution in [0.2, 0.25) is 0 Å². The van der Waals surface area contributed by atoms with Gasteiger partial charge >= 0.3 is 0 Å². The second-order valence-electron chi connectivity index (χ2n) is 8.45. The smallest absolute Gasteiger partial charge is 0.212 e. The minimum Gasteiger partial charge on any atom is -0.364 e. The van der Waals surface area contributed by atoms with E-state index in [0.717, 1.165) is 41.8 Å². The quantitative estimate of drug-likeness (QED) is 0.524. The number of hydrogen-bond donors (Lipinski definition) is 2. The lowest BCUT2D eigenvalue weighted by Crippen LogP contribution is -2.44. The predicted octanol–water partition coefficient (Wildman–Crippen LogP) is 3.51. The van der Waals surface area contributed by atoms with E-state index in [0.29, 0.717) is 12.1 Å². The number of imidazole rings is 1. The fraction of sp³-hybridized carbons (Fsp3) is 0.292. The summed E-state index contributed by atoms with van der Waals surface area (Å²) in [5.41, 5.74) is 4.10. The largest absolute Gasteiger partial charge is 0.364 e. The summed E-state index contributed by atoms with van der Waals surface area (Å²) < 4.78 is 2.10. The monoisotopic (exact) mass is 411 g/mol. The summed E-state index contributed by atoms with van der Waals surface area (Å²) in [5, 5.41) is 7.09. The van der Waals surface area contributed by atoms with E-state index in [9.17, 15) is 0 Å². The Balaban J connectivity index is 1.34. The molecule has 4 aromatic rings. The highest BCUT2D eigenvalue weighted by Gasteiger charge is 2.39. The Kier molecular flexibility index (Phi) is 4.35. The van der Waals surface area contributed by atoms with Gasteiger partial charge in [-0.1, -0.05) is 30.3 Å². The van der Waals surface area contributed by atoms with Crippen LogP contribution in [-0.4, -0.2) is 44.5 Å². The Bertz CT molecular complexity index is 1220. The number of benzene rings is 1. The van der Waals surface area contributed by atoms with Crippen molar-refractivity contribution in [2.75, 3.05) is 23.3 Å². The number of rotatable bonds is 5. The van der Waals surface area contributed by atoms with E-state index in [1.807, 2.05) is 30.7 Å². The SMILES string of the molecule is C[C@H](Nc1cc(-c2cc3nccn3c(N3CC4CC3CN4)n2)ccn1)c1ccccc1. The average Bonchev–Trinajstić information content (AvgIpc) is 3.56. The molecule has 3 atom stereocenters. The van der Waals surface area contributed by atoms with Gasteiger partial charge in [-0.3, -0.25) is 4.40 Å². The molecule has 0 aliphatic carbocycles. The highest BCUT2D eigenvalue weighted by molar-refractivity contribution is 5.68. The molecule has 0 amide bonds. The van der Waals surface area contributed by atoms with Gasteiger partial charge in [-0.2, -0.15) is 0 Å². The molecule has 2 bridgehead atoms. The van der Waals surface area contributed by atoms with Crippen molar-refractivity contribution in [2.24, 2.45) is 0 Å². The number of pyridine rings is 1. The van der Waals surface area contributed by atoms with Crippen LogP contribution in [0.1, 0.15) is 24.9 Å². The Labute approximate surface area is 181 Å². The van der Waals surface area contributed by atoms with E-state index in [-0.39, 0.29) is 6.04 Å². The Morgan fingerprint density at radius 2 is 2.00 bits per heavy atom. The summed E-state index contributed by atoms with van der Waals surface area (Å²) in [6, 6.07) is 17.8. The molecule has 3 aromatic heterocycles. The van der Waals surface area contributed by atoms with Crippen molar-refractivity contribution in [2.45, 2.75) is 31.5 Å². The zero-order chi connectivity index (χ0) is 20.8. The minimum absolute atomic E-state index is 0.162. The first-order valence-electron chi connectivity index (χ1n) is 10.9. The average molecular weight is 412 g/mol.